The van der Waals surface area contributed by atoms with Crippen LogP contribution in [0, 0.1) is 5.82 Å². The molecular weight excluding hydrogens is 295 g/mol. The maximum atomic E-state index is 13.0. The Morgan fingerprint density at radius 3 is 2.55 bits per heavy atom. The lowest BCUT2D eigenvalue weighted by Crippen LogP contribution is -2.18. The lowest BCUT2D eigenvalue weighted by Gasteiger charge is -2.20. The monoisotopic (exact) mass is 310 g/mol. The number of rotatable bonds is 3. The molecule has 3 rings (SSSR count). The van der Waals surface area contributed by atoms with Crippen molar-refractivity contribution in [3.05, 3.63) is 30.1 Å². The summed E-state index contributed by atoms with van der Waals surface area (Å²) < 4.78 is 30.3. The third kappa shape index (κ3) is 2.81. The molecule has 1 aliphatic carbocycles. The van der Waals surface area contributed by atoms with Crippen LogP contribution in [0.15, 0.2) is 28.5 Å². The highest BCUT2D eigenvalue weighted by Gasteiger charge is 2.25. The van der Waals surface area contributed by atoms with E-state index < -0.39 is 10.8 Å². The molecule has 1 aliphatic rings. The Balaban J connectivity index is 1.89. The smallest absolute Gasteiger partial charge is 0.140 e. The fraction of sp³-hybridized carbons (Fsp3) is 0.429. The second kappa shape index (κ2) is 6.10. The molecule has 0 aliphatic heterocycles. The summed E-state index contributed by atoms with van der Waals surface area (Å²) in [6.45, 7) is 0. The molecule has 0 amide bonds. The SMILES string of the molecule is O=S(c1snnc1-c1ccc(F)cc1)C1CCCCC1. The van der Waals surface area contributed by atoms with Crippen molar-refractivity contribution in [1.29, 1.82) is 0 Å². The third-order valence-corrected chi connectivity index (χ3v) is 6.49. The van der Waals surface area contributed by atoms with Crippen LogP contribution in [0.4, 0.5) is 4.39 Å². The van der Waals surface area contributed by atoms with Gasteiger partial charge in [0.2, 0.25) is 0 Å². The van der Waals surface area contributed by atoms with E-state index in [1.165, 1.54) is 30.1 Å². The van der Waals surface area contributed by atoms with Crippen LogP contribution >= 0.6 is 11.5 Å². The largest absolute Gasteiger partial charge is 0.253 e. The highest BCUT2D eigenvalue weighted by molar-refractivity contribution is 7.88. The van der Waals surface area contributed by atoms with Crippen molar-refractivity contribution in [3.63, 3.8) is 0 Å². The van der Waals surface area contributed by atoms with Crippen molar-refractivity contribution < 1.29 is 8.60 Å². The molecule has 1 aromatic heterocycles. The van der Waals surface area contributed by atoms with Gasteiger partial charge in [0, 0.05) is 10.8 Å². The highest BCUT2D eigenvalue weighted by atomic mass is 32.2. The molecule has 0 saturated heterocycles. The maximum absolute atomic E-state index is 13.0. The number of hydrogen-bond acceptors (Lipinski definition) is 4. The van der Waals surface area contributed by atoms with Crippen molar-refractivity contribution in [3.8, 4) is 11.3 Å². The minimum atomic E-state index is -1.06. The predicted molar refractivity (Wildman–Crippen MR) is 78.6 cm³/mol. The van der Waals surface area contributed by atoms with Gasteiger partial charge in [-0.3, -0.25) is 4.21 Å². The Kier molecular flexibility index (Phi) is 4.21. The van der Waals surface area contributed by atoms with Gasteiger partial charge in [0.15, 0.2) is 0 Å². The molecule has 2 aromatic rings. The maximum Gasteiger partial charge on any atom is 0.140 e. The molecule has 0 N–H and O–H groups in total. The number of nitrogens with zero attached hydrogens (tertiary/aromatic N) is 2. The van der Waals surface area contributed by atoms with E-state index in [1.807, 2.05) is 0 Å². The summed E-state index contributed by atoms with van der Waals surface area (Å²) in [7, 11) is -1.06. The van der Waals surface area contributed by atoms with Crippen LogP contribution in [0.3, 0.4) is 0 Å². The second-order valence-electron chi connectivity index (χ2n) is 4.97. The van der Waals surface area contributed by atoms with Gasteiger partial charge in [-0.25, -0.2) is 4.39 Å². The Bertz CT molecular complexity index is 606. The summed E-state index contributed by atoms with van der Waals surface area (Å²) in [5, 5.41) is 4.30. The lowest BCUT2D eigenvalue weighted by molar-refractivity contribution is 0.505. The van der Waals surface area contributed by atoms with Crippen molar-refractivity contribution in [1.82, 2.24) is 9.59 Å². The van der Waals surface area contributed by atoms with Crippen molar-refractivity contribution >= 4 is 22.3 Å². The van der Waals surface area contributed by atoms with Crippen LogP contribution in [-0.4, -0.2) is 19.0 Å². The van der Waals surface area contributed by atoms with Gasteiger partial charge in [-0.15, -0.1) is 5.10 Å². The van der Waals surface area contributed by atoms with E-state index in [-0.39, 0.29) is 11.1 Å². The summed E-state index contributed by atoms with van der Waals surface area (Å²) in [5.74, 6) is -0.285. The molecule has 3 nitrogen and oxygen atoms in total. The molecule has 106 valence electrons. The van der Waals surface area contributed by atoms with Gasteiger partial charge in [-0.2, -0.15) is 0 Å². The van der Waals surface area contributed by atoms with Crippen LogP contribution in [-0.2, 0) is 10.8 Å². The molecular formula is C14H15FN2OS2. The first kappa shape index (κ1) is 13.8. The van der Waals surface area contributed by atoms with Crippen molar-refractivity contribution in [2.24, 2.45) is 0 Å². The Hall–Kier alpha value is -1.14. The molecule has 1 unspecified atom stereocenters. The van der Waals surface area contributed by atoms with Crippen LogP contribution in [0.1, 0.15) is 32.1 Å². The van der Waals surface area contributed by atoms with Gasteiger partial charge in [0.05, 0.1) is 10.8 Å². The molecule has 0 bridgehead atoms. The molecule has 20 heavy (non-hydrogen) atoms. The first-order chi connectivity index (χ1) is 9.75. The van der Waals surface area contributed by atoms with E-state index in [9.17, 15) is 8.60 Å². The molecule has 6 heteroatoms. The van der Waals surface area contributed by atoms with Gasteiger partial charge in [-0.05, 0) is 48.6 Å². The van der Waals surface area contributed by atoms with Crippen LogP contribution in [0.5, 0.6) is 0 Å². The molecule has 0 radical (unpaired) electrons. The first-order valence-corrected chi connectivity index (χ1v) is 8.73. The van der Waals surface area contributed by atoms with E-state index in [1.54, 1.807) is 12.1 Å². The van der Waals surface area contributed by atoms with E-state index in [0.717, 1.165) is 35.5 Å². The number of benzene rings is 1. The van der Waals surface area contributed by atoms with E-state index in [0.29, 0.717) is 5.69 Å². The van der Waals surface area contributed by atoms with Gasteiger partial charge in [0.25, 0.3) is 0 Å². The minimum Gasteiger partial charge on any atom is -0.253 e. The normalized spacial score (nSPS) is 18.1. The minimum absolute atomic E-state index is 0.213. The molecule has 1 heterocycles. The molecule has 1 fully saturated rings. The van der Waals surface area contributed by atoms with Gasteiger partial charge >= 0.3 is 0 Å². The zero-order valence-corrected chi connectivity index (χ0v) is 12.6. The Labute approximate surface area is 123 Å². The third-order valence-electron chi connectivity index (χ3n) is 3.61. The second-order valence-corrected chi connectivity index (χ2v) is 7.66. The Morgan fingerprint density at radius 1 is 1.15 bits per heavy atom. The number of halogens is 1. The van der Waals surface area contributed by atoms with Crippen LogP contribution in [0.2, 0.25) is 0 Å². The van der Waals surface area contributed by atoms with Crippen molar-refractivity contribution in [2.75, 3.05) is 0 Å². The van der Waals surface area contributed by atoms with Gasteiger partial charge in [0.1, 0.15) is 15.7 Å². The van der Waals surface area contributed by atoms with Crippen LogP contribution in [0.25, 0.3) is 11.3 Å². The number of aromatic nitrogens is 2. The standard InChI is InChI=1S/C14H15FN2OS2/c15-11-8-6-10(7-9-11)13-14(19-17-16-13)20(18)12-4-2-1-3-5-12/h6-9,12H,1-5H2. The highest BCUT2D eigenvalue weighted by Crippen LogP contribution is 2.32. The summed E-state index contributed by atoms with van der Waals surface area (Å²) in [6.07, 6.45) is 5.54. The fourth-order valence-electron chi connectivity index (χ4n) is 2.53. The topological polar surface area (TPSA) is 42.9 Å². The summed E-state index contributed by atoms with van der Waals surface area (Å²) in [6, 6.07) is 6.10. The van der Waals surface area contributed by atoms with E-state index in [4.69, 9.17) is 0 Å². The van der Waals surface area contributed by atoms with E-state index in [2.05, 4.69) is 9.59 Å². The average Bonchev–Trinajstić information content (AvgIpc) is 2.97. The number of hydrogen-bond donors (Lipinski definition) is 0. The fourth-order valence-corrected chi connectivity index (χ4v) is 5.19. The zero-order valence-electron chi connectivity index (χ0n) is 10.9. The lowest BCUT2D eigenvalue weighted by atomic mass is 10.0. The summed E-state index contributed by atoms with van der Waals surface area (Å²) in [5.41, 5.74) is 1.42. The summed E-state index contributed by atoms with van der Waals surface area (Å²) >= 11 is 1.20. The summed E-state index contributed by atoms with van der Waals surface area (Å²) in [4.78, 5) is 0. The Morgan fingerprint density at radius 2 is 1.85 bits per heavy atom. The zero-order chi connectivity index (χ0) is 13.9. The molecule has 1 saturated carbocycles. The molecule has 0 spiro atoms. The van der Waals surface area contributed by atoms with Gasteiger partial charge in [-0.1, -0.05) is 23.8 Å². The van der Waals surface area contributed by atoms with Gasteiger partial charge < -0.3 is 0 Å². The molecule has 1 atom stereocenters. The van der Waals surface area contributed by atoms with Crippen LogP contribution < -0.4 is 0 Å². The quantitative estimate of drug-likeness (QED) is 0.866. The first-order valence-electron chi connectivity index (χ1n) is 6.74. The average molecular weight is 310 g/mol. The molecule has 1 aromatic carbocycles. The predicted octanol–water partition coefficient (Wildman–Crippen LogP) is 3.78. The van der Waals surface area contributed by atoms with Crippen molar-refractivity contribution in [2.45, 2.75) is 41.6 Å². The van der Waals surface area contributed by atoms with E-state index >= 15 is 0 Å².